The molecule has 1 aromatic rings. The maximum absolute atomic E-state index is 12.6. The number of carbonyl (C=O) groups is 2. The molecule has 2 rings (SSSR count). The molecule has 1 aliphatic rings. The number of nitrogens with one attached hydrogen (secondary N) is 1. The van der Waals surface area contributed by atoms with Gasteiger partial charge in [-0.1, -0.05) is 12.1 Å². The highest BCUT2D eigenvalue weighted by Crippen LogP contribution is 2.24. The summed E-state index contributed by atoms with van der Waals surface area (Å²) >= 11 is 0. The zero-order valence-electron chi connectivity index (χ0n) is 16.8. The molecule has 2 amide bonds. The van der Waals surface area contributed by atoms with Gasteiger partial charge in [-0.25, -0.2) is 4.79 Å². The van der Waals surface area contributed by atoms with E-state index in [-0.39, 0.29) is 5.91 Å². The van der Waals surface area contributed by atoms with Crippen LogP contribution in [-0.2, 0) is 9.53 Å². The first kappa shape index (κ1) is 20.1. The van der Waals surface area contributed by atoms with Gasteiger partial charge >= 0.3 is 6.09 Å². The zero-order chi connectivity index (χ0) is 19.5. The molecule has 0 aliphatic carbocycles. The Morgan fingerprint density at radius 1 is 1.12 bits per heavy atom. The molecule has 1 aromatic carbocycles. The summed E-state index contributed by atoms with van der Waals surface area (Å²) in [5.74, 6) is -0.0727. The third kappa shape index (κ3) is 5.13. The number of ether oxygens (including phenoxy) is 1. The summed E-state index contributed by atoms with van der Waals surface area (Å²) in [7, 11) is 0. The second-order valence-corrected chi connectivity index (χ2v) is 7.90. The van der Waals surface area contributed by atoms with Crippen molar-refractivity contribution in [1.82, 2.24) is 10.2 Å². The minimum atomic E-state index is -0.600. The molecule has 0 aromatic heterocycles. The molecule has 1 aliphatic heterocycles. The number of nitrogens with zero attached hydrogens (tertiary/aromatic N) is 2. The fourth-order valence-corrected chi connectivity index (χ4v) is 3.07. The number of alkyl carbamates (subject to hydrolysis) is 1. The Hall–Kier alpha value is -2.24. The maximum atomic E-state index is 12.6. The lowest BCUT2D eigenvalue weighted by Gasteiger charge is -2.38. The summed E-state index contributed by atoms with van der Waals surface area (Å²) in [6, 6.07) is 5.72. The Morgan fingerprint density at radius 3 is 2.31 bits per heavy atom. The number of hydrogen-bond acceptors (Lipinski definition) is 4. The highest BCUT2D eigenvalue weighted by Gasteiger charge is 2.27. The van der Waals surface area contributed by atoms with Crippen molar-refractivity contribution in [3.63, 3.8) is 0 Å². The van der Waals surface area contributed by atoms with Crippen LogP contribution in [0.3, 0.4) is 0 Å². The SMILES string of the molecule is Cc1cccc(N2CCN(C(=O)[C@@H](C)NC(=O)OC(C)(C)C)CC2)c1C. The molecule has 0 spiro atoms. The van der Waals surface area contributed by atoms with Crippen LogP contribution in [0.15, 0.2) is 18.2 Å². The number of hydrogen-bond donors (Lipinski definition) is 1. The molecular formula is C20H31N3O3. The van der Waals surface area contributed by atoms with Crippen LogP contribution in [0.25, 0.3) is 0 Å². The van der Waals surface area contributed by atoms with E-state index in [1.807, 2.05) is 4.90 Å². The standard InChI is InChI=1S/C20H31N3O3/c1-14-8-7-9-17(15(14)2)22-10-12-23(13-11-22)18(24)16(3)21-19(25)26-20(4,5)6/h7-9,16H,10-13H2,1-6H3,(H,21,25)/t16-/m1/s1. The molecule has 0 bridgehead atoms. The van der Waals surface area contributed by atoms with E-state index in [4.69, 9.17) is 4.74 Å². The molecule has 144 valence electrons. The number of amides is 2. The highest BCUT2D eigenvalue weighted by molar-refractivity contribution is 5.85. The summed E-state index contributed by atoms with van der Waals surface area (Å²) < 4.78 is 5.22. The van der Waals surface area contributed by atoms with Gasteiger partial charge in [-0.3, -0.25) is 4.79 Å². The minimum absolute atomic E-state index is 0.0727. The van der Waals surface area contributed by atoms with Crippen molar-refractivity contribution < 1.29 is 14.3 Å². The molecule has 1 atom stereocenters. The summed E-state index contributed by atoms with van der Waals surface area (Å²) in [5.41, 5.74) is 3.21. The van der Waals surface area contributed by atoms with Crippen molar-refractivity contribution in [2.45, 2.75) is 53.2 Å². The molecule has 0 saturated carbocycles. The van der Waals surface area contributed by atoms with E-state index in [0.29, 0.717) is 13.1 Å². The zero-order valence-corrected chi connectivity index (χ0v) is 16.8. The third-order valence-electron chi connectivity index (χ3n) is 4.61. The first-order chi connectivity index (χ1) is 12.1. The van der Waals surface area contributed by atoms with Gasteiger partial charge in [0, 0.05) is 31.9 Å². The lowest BCUT2D eigenvalue weighted by atomic mass is 10.1. The Bertz CT molecular complexity index is 659. The van der Waals surface area contributed by atoms with Gasteiger partial charge in [0.25, 0.3) is 0 Å². The van der Waals surface area contributed by atoms with E-state index < -0.39 is 17.7 Å². The van der Waals surface area contributed by atoms with Gasteiger partial charge in [0.1, 0.15) is 11.6 Å². The average molecular weight is 361 g/mol. The van der Waals surface area contributed by atoms with Crippen LogP contribution in [0.5, 0.6) is 0 Å². The Kier molecular flexibility index (Phi) is 6.16. The van der Waals surface area contributed by atoms with Crippen molar-refractivity contribution in [3.8, 4) is 0 Å². The second kappa shape index (κ2) is 7.98. The molecule has 1 saturated heterocycles. The number of carbonyl (C=O) groups excluding carboxylic acids is 2. The van der Waals surface area contributed by atoms with Crippen LogP contribution in [-0.4, -0.2) is 54.7 Å². The van der Waals surface area contributed by atoms with Crippen LogP contribution >= 0.6 is 0 Å². The molecule has 0 radical (unpaired) electrons. The number of rotatable bonds is 3. The lowest BCUT2D eigenvalue weighted by molar-refractivity contribution is -0.133. The summed E-state index contributed by atoms with van der Waals surface area (Å²) in [4.78, 5) is 28.6. The molecule has 1 N–H and O–H groups in total. The van der Waals surface area contributed by atoms with E-state index in [1.54, 1.807) is 27.7 Å². The van der Waals surface area contributed by atoms with E-state index in [2.05, 4.69) is 42.3 Å². The molecule has 0 unspecified atom stereocenters. The van der Waals surface area contributed by atoms with Crippen molar-refractivity contribution in [2.24, 2.45) is 0 Å². The molecule has 1 heterocycles. The normalized spacial score (nSPS) is 16.2. The number of anilines is 1. The quantitative estimate of drug-likeness (QED) is 0.899. The Labute approximate surface area is 156 Å². The highest BCUT2D eigenvalue weighted by atomic mass is 16.6. The van der Waals surface area contributed by atoms with Crippen molar-refractivity contribution >= 4 is 17.7 Å². The van der Waals surface area contributed by atoms with Crippen LogP contribution < -0.4 is 10.2 Å². The predicted octanol–water partition coefficient (Wildman–Crippen LogP) is 2.87. The fourth-order valence-electron chi connectivity index (χ4n) is 3.07. The topological polar surface area (TPSA) is 61.9 Å². The molecule has 1 fully saturated rings. The number of piperazine rings is 1. The maximum Gasteiger partial charge on any atom is 0.408 e. The van der Waals surface area contributed by atoms with Gasteiger partial charge in [0.2, 0.25) is 5.91 Å². The summed E-state index contributed by atoms with van der Waals surface area (Å²) in [6.07, 6.45) is -0.563. The summed E-state index contributed by atoms with van der Waals surface area (Å²) in [6.45, 7) is 14.2. The molecular weight excluding hydrogens is 330 g/mol. The van der Waals surface area contributed by atoms with Gasteiger partial charge in [-0.15, -0.1) is 0 Å². The second-order valence-electron chi connectivity index (χ2n) is 7.90. The fraction of sp³-hybridized carbons (Fsp3) is 0.600. The van der Waals surface area contributed by atoms with Crippen LogP contribution in [0, 0.1) is 13.8 Å². The monoisotopic (exact) mass is 361 g/mol. The van der Waals surface area contributed by atoms with E-state index in [0.717, 1.165) is 13.1 Å². The molecule has 26 heavy (non-hydrogen) atoms. The van der Waals surface area contributed by atoms with Crippen molar-refractivity contribution in [1.29, 1.82) is 0 Å². The predicted molar refractivity (Wildman–Crippen MR) is 104 cm³/mol. The number of benzene rings is 1. The van der Waals surface area contributed by atoms with E-state index in [9.17, 15) is 9.59 Å². The van der Waals surface area contributed by atoms with Crippen molar-refractivity contribution in [2.75, 3.05) is 31.1 Å². The lowest BCUT2D eigenvalue weighted by Crippen LogP contribution is -2.54. The van der Waals surface area contributed by atoms with Crippen LogP contribution in [0.1, 0.15) is 38.8 Å². The number of aryl methyl sites for hydroxylation is 1. The van der Waals surface area contributed by atoms with Crippen LogP contribution in [0.2, 0.25) is 0 Å². The minimum Gasteiger partial charge on any atom is -0.444 e. The van der Waals surface area contributed by atoms with Gasteiger partial charge < -0.3 is 19.9 Å². The van der Waals surface area contributed by atoms with Gasteiger partial charge in [0.15, 0.2) is 0 Å². The average Bonchev–Trinajstić information content (AvgIpc) is 2.55. The van der Waals surface area contributed by atoms with E-state index in [1.165, 1.54) is 16.8 Å². The van der Waals surface area contributed by atoms with Gasteiger partial charge in [-0.05, 0) is 58.7 Å². The smallest absolute Gasteiger partial charge is 0.408 e. The third-order valence-corrected chi connectivity index (χ3v) is 4.61. The van der Waals surface area contributed by atoms with Gasteiger partial charge in [-0.2, -0.15) is 0 Å². The van der Waals surface area contributed by atoms with Gasteiger partial charge in [0.05, 0.1) is 0 Å². The van der Waals surface area contributed by atoms with Crippen LogP contribution in [0.4, 0.5) is 10.5 Å². The summed E-state index contributed by atoms with van der Waals surface area (Å²) in [5, 5.41) is 2.63. The Balaban J connectivity index is 1.89. The largest absolute Gasteiger partial charge is 0.444 e. The molecule has 6 heteroatoms. The first-order valence-corrected chi connectivity index (χ1v) is 9.18. The van der Waals surface area contributed by atoms with Crippen molar-refractivity contribution in [3.05, 3.63) is 29.3 Å². The Morgan fingerprint density at radius 2 is 1.73 bits per heavy atom. The van der Waals surface area contributed by atoms with E-state index >= 15 is 0 Å². The first-order valence-electron chi connectivity index (χ1n) is 9.18. The molecule has 6 nitrogen and oxygen atoms in total.